The normalized spacial score (nSPS) is 27.1. The van der Waals surface area contributed by atoms with Crippen molar-refractivity contribution in [1.82, 2.24) is 35.6 Å². The Morgan fingerprint density at radius 2 is 1.48 bits per heavy atom. The molecule has 0 bridgehead atoms. The van der Waals surface area contributed by atoms with E-state index >= 15 is 14.4 Å². The first-order valence-corrected chi connectivity index (χ1v) is 29.1. The van der Waals surface area contributed by atoms with Crippen LogP contribution in [0.2, 0.25) is 0 Å². The Kier molecular flexibility index (Phi) is 24.3. The Morgan fingerprint density at radius 1 is 0.827 bits per heavy atom. The molecule has 3 aliphatic rings. The van der Waals surface area contributed by atoms with Crippen molar-refractivity contribution < 1.29 is 62.5 Å². The van der Waals surface area contributed by atoms with Crippen molar-refractivity contribution in [2.75, 3.05) is 34.3 Å². The minimum absolute atomic E-state index is 0.0960. The summed E-state index contributed by atoms with van der Waals surface area (Å²) >= 11 is 0. The topological polar surface area (TPSA) is 251 Å². The van der Waals surface area contributed by atoms with Gasteiger partial charge in [0, 0.05) is 33.6 Å². The highest BCUT2D eigenvalue weighted by Crippen LogP contribution is 2.28. The number of aliphatic hydroxyl groups excluding tert-OH is 1. The van der Waals surface area contributed by atoms with Crippen LogP contribution in [0.15, 0.2) is 54.6 Å². The highest BCUT2D eigenvalue weighted by atomic mass is 16.6. The molecule has 4 N–H and O–H groups in total. The molecule has 0 unspecified atom stereocenters. The fourth-order valence-electron chi connectivity index (χ4n) is 11.1. The van der Waals surface area contributed by atoms with Gasteiger partial charge in [0.1, 0.15) is 42.1 Å². The third kappa shape index (κ3) is 17.3. The highest BCUT2D eigenvalue weighted by molar-refractivity contribution is 6.05. The Balaban J connectivity index is 1.60. The van der Waals surface area contributed by atoms with Gasteiger partial charge in [-0.15, -0.1) is 0 Å². The van der Waals surface area contributed by atoms with Crippen molar-refractivity contribution in [2.45, 2.75) is 194 Å². The molecule has 12 atom stereocenters. The Bertz CT molecular complexity index is 2490. The van der Waals surface area contributed by atoms with Gasteiger partial charge in [-0.2, -0.15) is 0 Å². The number of benzene rings is 2. The SMILES string of the molecule is CC[C@H](C)[C@@H]1NC(=O)[C@@H](NC(=O)[C@@H](CC(C)C)N(C)C(=O)[C@@H]2CCCN2Cc2ccccc2)[C@H](C)OC(=O)[C@H](Cc2ccc(OC)cc2)N(C)C(=O)[C@@H]2CCCN2C(=O)[C@@H](CC(C)C)NC(=O)[C@@H](C)C(=O)[C@@H](C(C)C)OC(=O)C[C@H]1O. The van der Waals surface area contributed by atoms with Gasteiger partial charge in [0.05, 0.1) is 37.6 Å². The number of ketones is 1. The zero-order valence-corrected chi connectivity index (χ0v) is 50.0. The molecule has 0 aliphatic carbocycles. The molecule has 81 heavy (non-hydrogen) atoms. The van der Waals surface area contributed by atoms with Crippen LogP contribution in [0, 0.1) is 29.6 Å². The molecule has 3 aliphatic heterocycles. The number of nitrogens with zero attached hydrogens (tertiary/aromatic N) is 4. The maximum absolute atomic E-state index is 15.1. The molecule has 0 saturated carbocycles. The second-order valence-electron chi connectivity index (χ2n) is 23.7. The average molecular weight is 1130 g/mol. The number of rotatable bonds is 16. The number of amides is 6. The fourth-order valence-corrected chi connectivity index (χ4v) is 11.1. The van der Waals surface area contributed by atoms with Gasteiger partial charge < -0.3 is 50.0 Å². The lowest BCUT2D eigenvalue weighted by molar-refractivity contribution is -0.163. The van der Waals surface area contributed by atoms with Crippen molar-refractivity contribution in [3.63, 3.8) is 0 Å². The van der Waals surface area contributed by atoms with Crippen molar-refractivity contribution in [2.24, 2.45) is 29.6 Å². The van der Waals surface area contributed by atoms with E-state index in [1.807, 2.05) is 65.0 Å². The van der Waals surface area contributed by atoms with E-state index < -0.39 is 132 Å². The number of hydrogen-bond acceptors (Lipinski definition) is 14. The first kappa shape index (κ1) is 65.4. The summed E-state index contributed by atoms with van der Waals surface area (Å²) in [7, 11) is 4.51. The number of cyclic esters (lactones) is 2. The lowest BCUT2D eigenvalue weighted by atomic mass is 9.91. The summed E-state index contributed by atoms with van der Waals surface area (Å²) in [4.78, 5) is 137. The number of hydrogen-bond donors (Lipinski definition) is 4. The van der Waals surface area contributed by atoms with Gasteiger partial charge in [0.25, 0.3) is 0 Å². The molecule has 2 aromatic carbocycles. The molecule has 20 heteroatoms. The molecule has 0 aromatic heterocycles. The first-order valence-electron chi connectivity index (χ1n) is 29.1. The number of fused-ring (bicyclic) bond motifs is 1. The lowest BCUT2D eigenvalue weighted by Gasteiger charge is -2.36. The zero-order valence-electron chi connectivity index (χ0n) is 50.0. The molecule has 5 rings (SSSR count). The van der Waals surface area contributed by atoms with Crippen molar-refractivity contribution in [3.05, 3.63) is 65.7 Å². The third-order valence-electron chi connectivity index (χ3n) is 16.2. The second-order valence-corrected chi connectivity index (χ2v) is 23.7. The minimum Gasteiger partial charge on any atom is -0.497 e. The standard InChI is InChI=1S/C61H91N7O13/c1-14-38(8)51-49(69)33-50(70)81-54(37(6)7)53(71)39(9)55(72)62-44(30-35(2)3)58(75)68-29-19-23-46(68)60(77)66(12)48(32-41-24-26-43(79-13)27-25-41)61(78)80-40(10)52(57(74)63-51)64-56(73)47(31-36(4)5)65(11)59(76)45-22-18-28-67(45)34-42-20-16-15-17-21-42/h15-17,20-21,24-27,35-40,44-49,51-52,54,69H,14,18-19,22-23,28-34H2,1-13H3,(H,62,72)(H,63,74)(H,64,73)/t38-,39-,40-,44+,45-,46-,47+,48-,49+,51-,52-,54+/m0/s1. The van der Waals surface area contributed by atoms with Gasteiger partial charge in [-0.25, -0.2) is 4.79 Å². The van der Waals surface area contributed by atoms with E-state index in [-0.39, 0.29) is 50.0 Å². The van der Waals surface area contributed by atoms with Crippen LogP contribution in [0.5, 0.6) is 5.75 Å². The number of likely N-dealkylation sites (N-methyl/N-ethyl adjacent to an activating group) is 2. The molecular formula is C61H91N7O13. The smallest absolute Gasteiger partial charge is 0.329 e. The number of Topliss-reactive ketones (excluding diaryl/α,β-unsaturated/α-hetero) is 1. The van der Waals surface area contributed by atoms with Gasteiger partial charge in [-0.05, 0) is 106 Å². The van der Waals surface area contributed by atoms with Crippen LogP contribution in [0.4, 0.5) is 0 Å². The summed E-state index contributed by atoms with van der Waals surface area (Å²) in [6, 6.07) is 8.54. The molecule has 2 aromatic rings. The number of nitrogens with one attached hydrogen (secondary N) is 3. The van der Waals surface area contributed by atoms with E-state index in [0.717, 1.165) is 12.0 Å². The van der Waals surface area contributed by atoms with Crippen LogP contribution in [0.1, 0.15) is 132 Å². The van der Waals surface area contributed by atoms with Crippen LogP contribution in [0.25, 0.3) is 0 Å². The minimum atomic E-state index is -1.69. The fraction of sp³-hybridized carbons (Fsp3) is 0.656. The van der Waals surface area contributed by atoms with Crippen molar-refractivity contribution in [3.8, 4) is 5.75 Å². The maximum Gasteiger partial charge on any atom is 0.329 e. The Labute approximate surface area is 479 Å². The largest absolute Gasteiger partial charge is 0.497 e. The third-order valence-corrected chi connectivity index (χ3v) is 16.2. The second kappa shape index (κ2) is 30.1. The van der Waals surface area contributed by atoms with Crippen LogP contribution in [-0.2, 0) is 65.6 Å². The quantitative estimate of drug-likeness (QED) is 0.132. The summed E-state index contributed by atoms with van der Waals surface area (Å²) in [6.07, 6.45) is -2.61. The van der Waals surface area contributed by atoms with E-state index in [2.05, 4.69) is 20.9 Å². The predicted octanol–water partition coefficient (Wildman–Crippen LogP) is 4.61. The average Bonchev–Trinajstić information content (AvgIpc) is 4.12. The number of esters is 2. The summed E-state index contributed by atoms with van der Waals surface area (Å²) in [5, 5.41) is 20.3. The Morgan fingerprint density at radius 3 is 2.09 bits per heavy atom. The molecule has 3 heterocycles. The van der Waals surface area contributed by atoms with Crippen LogP contribution < -0.4 is 20.7 Å². The maximum atomic E-state index is 15.1. The van der Waals surface area contributed by atoms with Crippen molar-refractivity contribution >= 4 is 53.2 Å². The number of carbonyl (C=O) groups excluding carboxylic acids is 9. The first-order chi connectivity index (χ1) is 38.3. The molecule has 20 nitrogen and oxygen atoms in total. The molecule has 6 amide bonds. The van der Waals surface area contributed by atoms with Gasteiger partial charge in [0.2, 0.25) is 35.4 Å². The van der Waals surface area contributed by atoms with E-state index in [4.69, 9.17) is 14.2 Å². The lowest BCUT2D eigenvalue weighted by Crippen LogP contribution is -2.62. The van der Waals surface area contributed by atoms with E-state index in [9.17, 15) is 33.9 Å². The number of methoxy groups -OCH3 is 1. The van der Waals surface area contributed by atoms with Gasteiger partial charge in [-0.3, -0.25) is 43.3 Å². The number of ether oxygens (including phenoxy) is 3. The molecule has 3 saturated heterocycles. The van der Waals surface area contributed by atoms with Gasteiger partial charge in [-0.1, -0.05) is 104 Å². The summed E-state index contributed by atoms with van der Waals surface area (Å²) in [5.74, 6) is -8.75. The number of carbonyl (C=O) groups is 9. The summed E-state index contributed by atoms with van der Waals surface area (Å²) in [6.45, 7) is 18.5. The molecule has 448 valence electrons. The van der Waals surface area contributed by atoms with Gasteiger partial charge in [0.15, 0.2) is 11.9 Å². The van der Waals surface area contributed by atoms with Crippen LogP contribution in [0.3, 0.4) is 0 Å². The highest BCUT2D eigenvalue weighted by Gasteiger charge is 2.45. The zero-order chi connectivity index (χ0) is 60.0. The van der Waals surface area contributed by atoms with E-state index in [0.29, 0.717) is 43.7 Å². The number of likely N-dealkylation sites (tertiary alicyclic amines) is 1. The summed E-state index contributed by atoms with van der Waals surface area (Å²) < 4.78 is 17.4. The van der Waals surface area contributed by atoms with E-state index in [1.165, 1.54) is 42.7 Å². The molecule has 0 spiro atoms. The predicted molar refractivity (Wildman–Crippen MR) is 304 cm³/mol. The van der Waals surface area contributed by atoms with E-state index in [1.54, 1.807) is 52.1 Å². The summed E-state index contributed by atoms with van der Waals surface area (Å²) in [5.41, 5.74) is 1.64. The van der Waals surface area contributed by atoms with Crippen molar-refractivity contribution in [1.29, 1.82) is 0 Å². The molecular weight excluding hydrogens is 1040 g/mol. The molecule has 0 radical (unpaired) electrons. The Hall–Kier alpha value is -6.41. The van der Waals surface area contributed by atoms with Crippen LogP contribution in [-0.4, -0.2) is 173 Å². The number of aliphatic hydroxyl groups is 1. The molecule has 3 fully saturated rings. The van der Waals surface area contributed by atoms with Gasteiger partial charge >= 0.3 is 11.9 Å². The monoisotopic (exact) mass is 1130 g/mol. The van der Waals surface area contributed by atoms with Crippen LogP contribution >= 0.6 is 0 Å².